The van der Waals surface area contributed by atoms with Gasteiger partial charge >= 0.3 is 12.1 Å². The Hall–Kier alpha value is -3.92. The SMILES string of the molecule is COC(=O)[C@H](C(C)C)N1Cc2cc(-c3ccc(NC(=S)Nc4ccccc4C(F)(F)F)cc3)ccc2C1=O. The number of methoxy groups -OCH3 is 1. The minimum Gasteiger partial charge on any atom is -0.467 e. The monoisotopic (exact) mass is 541 g/mol. The van der Waals surface area contributed by atoms with Crippen molar-refractivity contribution < 1.29 is 27.5 Å². The Kier molecular flexibility index (Phi) is 7.73. The van der Waals surface area contributed by atoms with Gasteiger partial charge < -0.3 is 20.3 Å². The first kappa shape index (κ1) is 27.1. The summed E-state index contributed by atoms with van der Waals surface area (Å²) in [7, 11) is 1.31. The summed E-state index contributed by atoms with van der Waals surface area (Å²) < 4.78 is 44.6. The quantitative estimate of drug-likeness (QED) is 0.281. The van der Waals surface area contributed by atoms with E-state index >= 15 is 0 Å². The number of thiocarbonyl (C=S) groups is 1. The molecule has 0 fully saturated rings. The summed E-state index contributed by atoms with van der Waals surface area (Å²) in [5, 5.41) is 5.53. The molecular formula is C28H26F3N3O3S. The third-order valence-corrected chi connectivity index (χ3v) is 6.51. The molecule has 1 aliphatic heterocycles. The van der Waals surface area contributed by atoms with E-state index in [1.807, 2.05) is 38.1 Å². The molecule has 2 N–H and O–H groups in total. The molecule has 6 nitrogen and oxygen atoms in total. The van der Waals surface area contributed by atoms with E-state index in [9.17, 15) is 22.8 Å². The number of anilines is 2. The summed E-state index contributed by atoms with van der Waals surface area (Å²) in [5.74, 6) is -0.759. The van der Waals surface area contributed by atoms with Crippen LogP contribution in [0.1, 0.15) is 35.3 Å². The number of esters is 1. The molecule has 0 radical (unpaired) electrons. The van der Waals surface area contributed by atoms with Crippen LogP contribution in [0, 0.1) is 5.92 Å². The highest BCUT2D eigenvalue weighted by Crippen LogP contribution is 2.35. The van der Waals surface area contributed by atoms with E-state index in [2.05, 4.69) is 10.6 Å². The molecule has 1 heterocycles. The van der Waals surface area contributed by atoms with Crippen LogP contribution in [-0.2, 0) is 22.3 Å². The number of fused-ring (bicyclic) bond motifs is 1. The highest BCUT2D eigenvalue weighted by molar-refractivity contribution is 7.80. The van der Waals surface area contributed by atoms with E-state index in [4.69, 9.17) is 17.0 Å². The van der Waals surface area contributed by atoms with Crippen LogP contribution < -0.4 is 10.6 Å². The van der Waals surface area contributed by atoms with E-state index in [-0.39, 0.29) is 22.6 Å². The number of para-hydroxylation sites is 1. The third-order valence-electron chi connectivity index (χ3n) is 6.30. The molecule has 0 spiro atoms. The maximum atomic E-state index is 13.2. The lowest BCUT2D eigenvalue weighted by atomic mass is 10.0. The summed E-state index contributed by atoms with van der Waals surface area (Å²) >= 11 is 5.21. The Balaban J connectivity index is 1.47. The van der Waals surface area contributed by atoms with Gasteiger partial charge in [-0.1, -0.05) is 44.2 Å². The van der Waals surface area contributed by atoms with Gasteiger partial charge in [-0.2, -0.15) is 13.2 Å². The van der Waals surface area contributed by atoms with Crippen LogP contribution in [0.5, 0.6) is 0 Å². The number of hydrogen-bond acceptors (Lipinski definition) is 4. The van der Waals surface area contributed by atoms with Crippen LogP contribution in [0.3, 0.4) is 0 Å². The Labute approximate surface area is 223 Å². The second-order valence-corrected chi connectivity index (χ2v) is 9.63. The van der Waals surface area contributed by atoms with Gasteiger partial charge in [0.1, 0.15) is 6.04 Å². The molecule has 38 heavy (non-hydrogen) atoms. The molecule has 0 aromatic heterocycles. The van der Waals surface area contributed by atoms with Crippen LogP contribution in [0.25, 0.3) is 11.1 Å². The van der Waals surface area contributed by atoms with E-state index in [0.717, 1.165) is 22.8 Å². The van der Waals surface area contributed by atoms with Crippen molar-refractivity contribution in [1.29, 1.82) is 0 Å². The van der Waals surface area contributed by atoms with Crippen molar-refractivity contribution in [1.82, 2.24) is 4.90 Å². The average Bonchev–Trinajstić information content (AvgIpc) is 3.19. The summed E-state index contributed by atoms with van der Waals surface area (Å²) in [6.07, 6.45) is -4.51. The van der Waals surface area contributed by atoms with Gasteiger partial charge in [-0.25, -0.2) is 4.79 Å². The number of amides is 1. The number of carbonyl (C=O) groups is 2. The number of benzene rings is 3. The predicted molar refractivity (Wildman–Crippen MR) is 144 cm³/mol. The lowest BCUT2D eigenvalue weighted by Gasteiger charge is -2.28. The number of hydrogen-bond donors (Lipinski definition) is 2. The first-order valence-electron chi connectivity index (χ1n) is 11.9. The van der Waals surface area contributed by atoms with Crippen molar-refractivity contribution in [2.24, 2.45) is 5.92 Å². The smallest absolute Gasteiger partial charge is 0.418 e. The topological polar surface area (TPSA) is 70.7 Å². The molecule has 1 amide bonds. The lowest BCUT2D eigenvalue weighted by molar-refractivity contribution is -0.147. The minimum absolute atomic E-state index is 0.0240. The summed E-state index contributed by atoms with van der Waals surface area (Å²) in [4.78, 5) is 26.9. The zero-order chi connectivity index (χ0) is 27.6. The molecule has 0 saturated carbocycles. The molecule has 3 aromatic carbocycles. The van der Waals surface area contributed by atoms with E-state index in [0.29, 0.717) is 17.8 Å². The van der Waals surface area contributed by atoms with Crippen LogP contribution in [0.2, 0.25) is 0 Å². The van der Waals surface area contributed by atoms with Gasteiger partial charge in [0.15, 0.2) is 5.11 Å². The highest BCUT2D eigenvalue weighted by atomic mass is 32.1. The summed E-state index contributed by atoms with van der Waals surface area (Å²) in [6.45, 7) is 4.04. The minimum atomic E-state index is -4.51. The van der Waals surface area contributed by atoms with Gasteiger partial charge in [0, 0.05) is 17.8 Å². The van der Waals surface area contributed by atoms with Crippen molar-refractivity contribution in [3.63, 3.8) is 0 Å². The number of nitrogens with one attached hydrogen (secondary N) is 2. The second-order valence-electron chi connectivity index (χ2n) is 9.22. The van der Waals surface area contributed by atoms with Gasteiger partial charge in [0.25, 0.3) is 5.91 Å². The first-order chi connectivity index (χ1) is 18.0. The second kappa shape index (κ2) is 10.8. The Morgan fingerprint density at radius 3 is 2.29 bits per heavy atom. The van der Waals surface area contributed by atoms with Crippen LogP contribution in [0.4, 0.5) is 24.5 Å². The first-order valence-corrected chi connectivity index (χ1v) is 12.3. The molecule has 0 unspecified atom stereocenters. The molecular weight excluding hydrogens is 515 g/mol. The number of alkyl halides is 3. The molecule has 0 bridgehead atoms. The molecule has 4 rings (SSSR count). The van der Waals surface area contributed by atoms with E-state index in [1.54, 1.807) is 23.1 Å². The largest absolute Gasteiger partial charge is 0.467 e. The number of ether oxygens (including phenoxy) is 1. The van der Waals surface area contributed by atoms with Crippen LogP contribution in [-0.4, -0.2) is 35.0 Å². The van der Waals surface area contributed by atoms with Crippen molar-refractivity contribution in [2.75, 3.05) is 17.7 Å². The molecule has 3 aromatic rings. The summed E-state index contributed by atoms with van der Waals surface area (Å²) in [6, 6.07) is 17.2. The highest BCUT2D eigenvalue weighted by Gasteiger charge is 2.38. The van der Waals surface area contributed by atoms with Gasteiger partial charge in [0.2, 0.25) is 0 Å². The zero-order valence-electron chi connectivity index (χ0n) is 20.9. The molecule has 0 aliphatic carbocycles. The number of rotatable bonds is 6. The Morgan fingerprint density at radius 1 is 1.00 bits per heavy atom. The predicted octanol–water partition coefficient (Wildman–Crippen LogP) is 6.33. The Morgan fingerprint density at radius 2 is 1.66 bits per heavy atom. The van der Waals surface area contributed by atoms with Gasteiger partial charge in [0.05, 0.1) is 18.4 Å². The molecule has 1 atom stereocenters. The number of carbonyl (C=O) groups excluding carboxylic acids is 2. The van der Waals surface area contributed by atoms with Gasteiger partial charge in [-0.15, -0.1) is 0 Å². The standard InChI is InChI=1S/C28H26F3N3O3S/c1-16(2)24(26(36)37-3)34-15-19-14-18(10-13-21(19)25(34)35)17-8-11-20(12-9-17)32-27(38)33-23-7-5-4-6-22(23)28(29,30)31/h4-14,16,24H,15H2,1-3H3,(H2,32,33,38)/t24-/m0/s1. The molecule has 0 saturated heterocycles. The third kappa shape index (κ3) is 5.65. The molecule has 198 valence electrons. The van der Waals surface area contributed by atoms with Crippen LogP contribution in [0.15, 0.2) is 66.7 Å². The van der Waals surface area contributed by atoms with Crippen LogP contribution >= 0.6 is 12.2 Å². The number of nitrogens with zero attached hydrogens (tertiary/aromatic N) is 1. The van der Waals surface area contributed by atoms with Gasteiger partial charge in [-0.05, 0) is 71.2 Å². The fourth-order valence-corrected chi connectivity index (χ4v) is 4.73. The number of halogens is 3. The fourth-order valence-electron chi connectivity index (χ4n) is 4.50. The van der Waals surface area contributed by atoms with E-state index in [1.165, 1.54) is 25.3 Å². The normalized spacial score (nSPS) is 13.8. The lowest BCUT2D eigenvalue weighted by Crippen LogP contribution is -2.45. The molecule has 10 heteroatoms. The fraction of sp³-hybridized carbons (Fsp3) is 0.250. The average molecular weight is 542 g/mol. The molecule has 1 aliphatic rings. The maximum absolute atomic E-state index is 13.2. The zero-order valence-corrected chi connectivity index (χ0v) is 21.7. The summed E-state index contributed by atoms with van der Waals surface area (Å²) in [5.41, 5.74) is 2.77. The van der Waals surface area contributed by atoms with Crippen molar-refractivity contribution in [3.8, 4) is 11.1 Å². The van der Waals surface area contributed by atoms with Crippen molar-refractivity contribution >= 4 is 40.6 Å². The van der Waals surface area contributed by atoms with Gasteiger partial charge in [-0.3, -0.25) is 4.79 Å². The maximum Gasteiger partial charge on any atom is 0.418 e. The van der Waals surface area contributed by atoms with Crippen molar-refractivity contribution in [3.05, 3.63) is 83.4 Å². The van der Waals surface area contributed by atoms with E-state index < -0.39 is 23.8 Å². The Bertz CT molecular complexity index is 1370. The van der Waals surface area contributed by atoms with Crippen molar-refractivity contribution in [2.45, 2.75) is 32.6 Å².